The van der Waals surface area contributed by atoms with Gasteiger partial charge in [-0.2, -0.15) is 5.26 Å². The fourth-order valence-electron chi connectivity index (χ4n) is 3.31. The molecule has 1 amide bonds. The lowest BCUT2D eigenvalue weighted by atomic mass is 9.91. The lowest BCUT2D eigenvalue weighted by molar-refractivity contribution is 0.0236. The van der Waals surface area contributed by atoms with Crippen LogP contribution in [0.2, 0.25) is 0 Å². The number of rotatable bonds is 1. The monoisotopic (exact) mass is 348 g/mol. The van der Waals surface area contributed by atoms with Crippen molar-refractivity contribution >= 4 is 22.4 Å². The summed E-state index contributed by atoms with van der Waals surface area (Å²) in [4.78, 5) is 14.0. The molecule has 0 aromatic heterocycles. The number of allylic oxidation sites excluding steroid dienone is 1. The Bertz CT molecular complexity index is 885. The van der Waals surface area contributed by atoms with Gasteiger partial charge in [0.25, 0.3) is 0 Å². The van der Waals surface area contributed by atoms with Gasteiger partial charge in [-0.25, -0.2) is 4.79 Å². The molecule has 0 spiro atoms. The summed E-state index contributed by atoms with van der Waals surface area (Å²) in [7, 11) is 0. The summed E-state index contributed by atoms with van der Waals surface area (Å²) in [6.45, 7) is 6.78. The van der Waals surface area contributed by atoms with Crippen molar-refractivity contribution in [1.29, 1.82) is 5.26 Å². The summed E-state index contributed by atoms with van der Waals surface area (Å²) >= 11 is 0. The van der Waals surface area contributed by atoms with Crippen molar-refractivity contribution in [2.75, 3.05) is 13.1 Å². The maximum atomic E-state index is 12.2. The van der Waals surface area contributed by atoms with E-state index in [2.05, 4.69) is 24.3 Å². The Labute approximate surface area is 154 Å². The highest BCUT2D eigenvalue weighted by atomic mass is 16.6. The fourth-order valence-corrected chi connectivity index (χ4v) is 3.31. The van der Waals surface area contributed by atoms with Crippen LogP contribution < -0.4 is 0 Å². The number of benzene rings is 2. The van der Waals surface area contributed by atoms with Gasteiger partial charge >= 0.3 is 6.09 Å². The molecule has 1 fully saturated rings. The van der Waals surface area contributed by atoms with Gasteiger partial charge in [-0.3, -0.25) is 0 Å². The molecule has 0 atom stereocenters. The third-order valence-corrected chi connectivity index (χ3v) is 4.54. The third-order valence-electron chi connectivity index (χ3n) is 4.54. The quantitative estimate of drug-likeness (QED) is 0.670. The van der Waals surface area contributed by atoms with Crippen molar-refractivity contribution in [2.24, 2.45) is 0 Å². The number of carbonyl (C=O) groups excluding carboxylic acids is 1. The van der Waals surface area contributed by atoms with Crippen LogP contribution in [0.5, 0.6) is 0 Å². The number of hydrogen-bond donors (Lipinski definition) is 0. The van der Waals surface area contributed by atoms with Crippen LogP contribution in [0.1, 0.15) is 39.2 Å². The van der Waals surface area contributed by atoms with Crippen molar-refractivity contribution in [1.82, 2.24) is 4.90 Å². The first-order chi connectivity index (χ1) is 12.4. The Balaban J connectivity index is 1.84. The lowest BCUT2D eigenvalue weighted by Crippen LogP contribution is -2.40. The van der Waals surface area contributed by atoms with E-state index in [4.69, 9.17) is 4.74 Å². The van der Waals surface area contributed by atoms with Crippen molar-refractivity contribution in [3.8, 4) is 6.07 Å². The van der Waals surface area contributed by atoms with E-state index in [1.165, 1.54) is 0 Å². The molecule has 2 aromatic carbocycles. The number of nitriles is 1. The largest absolute Gasteiger partial charge is 0.444 e. The molecule has 0 N–H and O–H groups in total. The number of hydrogen-bond acceptors (Lipinski definition) is 3. The van der Waals surface area contributed by atoms with Crippen LogP contribution in [0.3, 0.4) is 0 Å². The van der Waals surface area contributed by atoms with E-state index in [1.54, 1.807) is 4.90 Å². The highest BCUT2D eigenvalue weighted by molar-refractivity contribution is 5.97. The molecule has 3 rings (SSSR count). The van der Waals surface area contributed by atoms with E-state index < -0.39 is 5.60 Å². The summed E-state index contributed by atoms with van der Waals surface area (Å²) in [5.74, 6) is 0. The van der Waals surface area contributed by atoms with Crippen molar-refractivity contribution in [2.45, 2.75) is 39.2 Å². The topological polar surface area (TPSA) is 53.3 Å². The van der Waals surface area contributed by atoms with E-state index in [1.807, 2.05) is 45.0 Å². The van der Waals surface area contributed by atoms with Crippen molar-refractivity contribution < 1.29 is 9.53 Å². The Hall–Kier alpha value is -2.80. The van der Waals surface area contributed by atoms with Gasteiger partial charge < -0.3 is 9.64 Å². The molecule has 0 bridgehead atoms. The fraction of sp³-hybridized carbons (Fsp3) is 0.364. The van der Waals surface area contributed by atoms with Crippen LogP contribution >= 0.6 is 0 Å². The predicted octanol–water partition coefficient (Wildman–Crippen LogP) is 5.15. The molecule has 26 heavy (non-hydrogen) atoms. The molecular weight excluding hydrogens is 324 g/mol. The minimum atomic E-state index is -0.492. The highest BCUT2D eigenvalue weighted by Crippen LogP contribution is 2.31. The maximum Gasteiger partial charge on any atom is 0.410 e. The van der Waals surface area contributed by atoms with Gasteiger partial charge in [-0.1, -0.05) is 42.5 Å². The molecule has 1 aliphatic rings. The molecule has 4 heteroatoms. The molecular formula is C22H24N2O2. The van der Waals surface area contributed by atoms with Gasteiger partial charge in [0.2, 0.25) is 0 Å². The first kappa shape index (κ1) is 18.0. The summed E-state index contributed by atoms with van der Waals surface area (Å²) in [6.07, 6.45) is 1.12. The van der Waals surface area contributed by atoms with Gasteiger partial charge in [0, 0.05) is 13.1 Å². The van der Waals surface area contributed by atoms with Crippen LogP contribution in [0, 0.1) is 11.3 Å². The molecule has 2 aromatic rings. The minimum Gasteiger partial charge on any atom is -0.444 e. The Morgan fingerprint density at radius 2 is 1.73 bits per heavy atom. The van der Waals surface area contributed by atoms with Gasteiger partial charge in [0.1, 0.15) is 5.60 Å². The Kier molecular flexibility index (Phi) is 4.99. The van der Waals surface area contributed by atoms with Gasteiger partial charge in [0.15, 0.2) is 0 Å². The average molecular weight is 348 g/mol. The number of nitrogens with zero attached hydrogens (tertiary/aromatic N) is 2. The normalized spacial score (nSPS) is 14.8. The molecule has 1 aliphatic heterocycles. The number of piperidine rings is 1. The van der Waals surface area contributed by atoms with Gasteiger partial charge in [-0.15, -0.1) is 0 Å². The van der Waals surface area contributed by atoms with E-state index in [0.717, 1.165) is 27.5 Å². The first-order valence-corrected chi connectivity index (χ1v) is 8.97. The van der Waals surface area contributed by atoms with Crippen LogP contribution in [-0.2, 0) is 4.74 Å². The zero-order valence-corrected chi connectivity index (χ0v) is 15.6. The summed E-state index contributed by atoms with van der Waals surface area (Å²) in [5.41, 5.74) is 2.34. The number of carbonyl (C=O) groups is 1. The average Bonchev–Trinajstić information content (AvgIpc) is 2.62. The molecule has 1 saturated heterocycles. The molecule has 4 nitrogen and oxygen atoms in total. The summed E-state index contributed by atoms with van der Waals surface area (Å²) in [6, 6.07) is 16.6. The Morgan fingerprint density at radius 3 is 2.38 bits per heavy atom. The van der Waals surface area contributed by atoms with E-state index in [9.17, 15) is 10.1 Å². The smallest absolute Gasteiger partial charge is 0.410 e. The molecule has 0 unspecified atom stereocenters. The zero-order chi connectivity index (χ0) is 18.7. The first-order valence-electron chi connectivity index (χ1n) is 8.97. The molecule has 1 heterocycles. The predicted molar refractivity (Wildman–Crippen MR) is 104 cm³/mol. The maximum absolute atomic E-state index is 12.2. The standard InChI is InChI=1S/C22H24N2O2/c1-22(2,3)26-21(25)24-13-11-17(12-14-24)20(15-23)19-10-6-8-16-7-4-5-9-18(16)19/h4-10H,11-14H2,1-3H3. The third kappa shape index (κ3) is 3.88. The van der Waals surface area contributed by atoms with Crippen LogP contribution in [-0.4, -0.2) is 29.7 Å². The Morgan fingerprint density at radius 1 is 1.08 bits per heavy atom. The second-order valence-corrected chi connectivity index (χ2v) is 7.58. The van der Waals surface area contributed by atoms with Crippen molar-refractivity contribution in [3.63, 3.8) is 0 Å². The molecule has 134 valence electrons. The van der Waals surface area contributed by atoms with E-state index >= 15 is 0 Å². The van der Waals surface area contributed by atoms with Gasteiger partial charge in [-0.05, 0) is 55.5 Å². The second-order valence-electron chi connectivity index (χ2n) is 7.58. The number of amides is 1. The molecule has 0 aliphatic carbocycles. The highest BCUT2D eigenvalue weighted by Gasteiger charge is 2.26. The van der Waals surface area contributed by atoms with E-state index in [0.29, 0.717) is 25.9 Å². The van der Waals surface area contributed by atoms with Crippen LogP contribution in [0.25, 0.3) is 16.3 Å². The SMILES string of the molecule is CC(C)(C)OC(=O)N1CCC(=C(C#N)c2cccc3ccccc23)CC1. The minimum absolute atomic E-state index is 0.278. The molecule has 0 saturated carbocycles. The van der Waals surface area contributed by atoms with Crippen LogP contribution in [0.15, 0.2) is 48.0 Å². The lowest BCUT2D eigenvalue weighted by Gasteiger charge is -2.31. The molecule has 0 radical (unpaired) electrons. The summed E-state index contributed by atoms with van der Waals surface area (Å²) < 4.78 is 5.45. The summed E-state index contributed by atoms with van der Waals surface area (Å²) in [5, 5.41) is 12.0. The number of fused-ring (bicyclic) bond motifs is 1. The van der Waals surface area contributed by atoms with E-state index in [-0.39, 0.29) is 6.09 Å². The number of ether oxygens (including phenoxy) is 1. The number of likely N-dealkylation sites (tertiary alicyclic amines) is 1. The van der Waals surface area contributed by atoms with Crippen LogP contribution in [0.4, 0.5) is 4.79 Å². The second kappa shape index (κ2) is 7.21. The van der Waals surface area contributed by atoms with Gasteiger partial charge in [0.05, 0.1) is 11.6 Å². The zero-order valence-electron chi connectivity index (χ0n) is 15.6. The van der Waals surface area contributed by atoms with Crippen molar-refractivity contribution in [3.05, 3.63) is 53.6 Å².